The normalized spacial score (nSPS) is 12.7. The molecule has 0 fully saturated rings. The van der Waals surface area contributed by atoms with Gasteiger partial charge < -0.3 is 15.0 Å². The van der Waals surface area contributed by atoms with Gasteiger partial charge in [0.1, 0.15) is 12.4 Å². The molecule has 3 aromatic carbocycles. The van der Waals surface area contributed by atoms with Crippen molar-refractivity contribution >= 4 is 29.3 Å². The number of amides is 2. The highest BCUT2D eigenvalue weighted by Gasteiger charge is 2.22. The maximum Gasteiger partial charge on any atom is 0.227 e. The fourth-order valence-electron chi connectivity index (χ4n) is 3.51. The number of nitrogens with one attached hydrogen (secondary N) is 1. The molecule has 2 amide bonds. The van der Waals surface area contributed by atoms with Gasteiger partial charge in [-0.25, -0.2) is 0 Å². The highest BCUT2D eigenvalue weighted by Crippen LogP contribution is 2.34. The van der Waals surface area contributed by atoms with E-state index in [0.29, 0.717) is 19.7 Å². The second-order valence-corrected chi connectivity index (χ2v) is 8.69. The van der Waals surface area contributed by atoms with Crippen LogP contribution in [0.2, 0.25) is 0 Å². The summed E-state index contributed by atoms with van der Waals surface area (Å²) in [7, 11) is 0. The van der Waals surface area contributed by atoms with Gasteiger partial charge in [0.2, 0.25) is 11.8 Å². The van der Waals surface area contributed by atoms with Gasteiger partial charge in [-0.3, -0.25) is 9.59 Å². The lowest BCUT2D eigenvalue weighted by Gasteiger charge is -2.29. The average molecular weight is 447 g/mol. The zero-order valence-corrected chi connectivity index (χ0v) is 18.6. The zero-order chi connectivity index (χ0) is 22.2. The van der Waals surface area contributed by atoms with Gasteiger partial charge in [0.15, 0.2) is 0 Å². The van der Waals surface area contributed by atoms with Crippen molar-refractivity contribution in [1.29, 1.82) is 0 Å². The molecular formula is C26H26N2O3S. The summed E-state index contributed by atoms with van der Waals surface area (Å²) in [4.78, 5) is 27.9. The van der Waals surface area contributed by atoms with Crippen LogP contribution in [0.1, 0.15) is 24.0 Å². The van der Waals surface area contributed by atoms with Gasteiger partial charge in [0.05, 0.1) is 5.69 Å². The van der Waals surface area contributed by atoms with Crippen LogP contribution in [0.4, 0.5) is 5.69 Å². The number of hydrogen-bond donors (Lipinski definition) is 1. The van der Waals surface area contributed by atoms with Gasteiger partial charge in [-0.2, -0.15) is 0 Å². The minimum atomic E-state index is -0.116. The number of ether oxygens (including phenoxy) is 1. The lowest BCUT2D eigenvalue weighted by molar-refractivity contribution is -0.125. The predicted molar refractivity (Wildman–Crippen MR) is 128 cm³/mol. The number of rotatable bonds is 8. The molecule has 32 heavy (non-hydrogen) atoms. The number of hydrogen-bond acceptors (Lipinski definition) is 4. The highest BCUT2D eigenvalue weighted by atomic mass is 32.2. The number of carbonyl (C=O) groups excluding carboxylic acids is 2. The number of fused-ring (bicyclic) bond motifs is 1. The van der Waals surface area contributed by atoms with Crippen molar-refractivity contribution in [2.24, 2.45) is 0 Å². The van der Waals surface area contributed by atoms with E-state index < -0.39 is 0 Å². The van der Waals surface area contributed by atoms with E-state index in [1.165, 1.54) is 0 Å². The molecule has 3 aromatic rings. The quantitative estimate of drug-likeness (QED) is 0.540. The Hall–Kier alpha value is -3.25. The fourth-order valence-corrected chi connectivity index (χ4v) is 4.50. The first-order valence-electron chi connectivity index (χ1n) is 10.7. The zero-order valence-electron chi connectivity index (χ0n) is 17.8. The molecule has 0 bridgehead atoms. The van der Waals surface area contributed by atoms with Crippen LogP contribution in [0.3, 0.4) is 0 Å². The first-order chi connectivity index (χ1) is 15.7. The van der Waals surface area contributed by atoms with Crippen LogP contribution >= 0.6 is 11.8 Å². The summed E-state index contributed by atoms with van der Waals surface area (Å²) in [6, 6.07) is 25.6. The molecule has 0 saturated heterocycles. The molecule has 0 aromatic heterocycles. The first kappa shape index (κ1) is 22.0. The second kappa shape index (κ2) is 10.9. The summed E-state index contributed by atoms with van der Waals surface area (Å²) in [6.07, 6.45) is 0.397. The van der Waals surface area contributed by atoms with Crippen molar-refractivity contribution in [1.82, 2.24) is 5.32 Å². The topological polar surface area (TPSA) is 58.6 Å². The van der Waals surface area contributed by atoms with Crippen LogP contribution in [-0.4, -0.2) is 24.1 Å². The van der Waals surface area contributed by atoms with E-state index in [1.807, 2.05) is 78.9 Å². The average Bonchev–Trinajstić information content (AvgIpc) is 2.85. The molecule has 0 atom stereocenters. The molecular weight excluding hydrogens is 420 g/mol. The second-order valence-electron chi connectivity index (χ2n) is 7.56. The van der Waals surface area contributed by atoms with Crippen LogP contribution in [0.5, 0.6) is 5.75 Å². The summed E-state index contributed by atoms with van der Waals surface area (Å²) in [5.74, 6) is 1.59. The number of para-hydroxylation sites is 2. The van der Waals surface area contributed by atoms with E-state index in [-0.39, 0.29) is 24.7 Å². The van der Waals surface area contributed by atoms with Crippen LogP contribution in [0.25, 0.3) is 0 Å². The Kier molecular flexibility index (Phi) is 7.46. The highest BCUT2D eigenvalue weighted by molar-refractivity contribution is 7.99. The predicted octanol–water partition coefficient (Wildman–Crippen LogP) is 4.80. The maximum atomic E-state index is 12.7. The standard InChI is InChI=1S/C26H26N2O3S/c29-25(14-15-26(30)28-16-17-32-24-9-5-4-8-23(24)28)27-18-20-10-12-21(13-11-20)19-31-22-6-2-1-3-7-22/h1-13H,14-19H2,(H,27,29). The molecule has 1 N–H and O–H groups in total. The summed E-state index contributed by atoms with van der Waals surface area (Å²) >= 11 is 1.76. The van der Waals surface area contributed by atoms with Gasteiger partial charge in [0, 0.05) is 36.6 Å². The molecule has 0 spiro atoms. The van der Waals surface area contributed by atoms with Gasteiger partial charge in [-0.1, -0.05) is 54.6 Å². The van der Waals surface area contributed by atoms with E-state index in [1.54, 1.807) is 16.7 Å². The number of carbonyl (C=O) groups is 2. The summed E-state index contributed by atoms with van der Waals surface area (Å²) in [5, 5.41) is 2.91. The molecule has 6 heteroatoms. The van der Waals surface area contributed by atoms with Gasteiger partial charge in [-0.05, 0) is 35.4 Å². The van der Waals surface area contributed by atoms with E-state index >= 15 is 0 Å². The number of thioether (sulfide) groups is 1. The Morgan fingerprint density at radius 2 is 1.59 bits per heavy atom. The Morgan fingerprint density at radius 1 is 0.875 bits per heavy atom. The first-order valence-corrected chi connectivity index (χ1v) is 11.7. The maximum absolute atomic E-state index is 12.7. The SMILES string of the molecule is O=C(CCC(=O)N1CCSc2ccccc21)NCc1ccc(COc2ccccc2)cc1. The molecule has 0 aliphatic carbocycles. The smallest absolute Gasteiger partial charge is 0.227 e. The van der Waals surface area contributed by atoms with Gasteiger partial charge in [0.25, 0.3) is 0 Å². The molecule has 1 aliphatic rings. The Bertz CT molecular complexity index is 1050. The monoisotopic (exact) mass is 446 g/mol. The third-order valence-corrected chi connectivity index (χ3v) is 6.30. The summed E-state index contributed by atoms with van der Waals surface area (Å²) in [6.45, 7) is 1.62. The van der Waals surface area contributed by atoms with Gasteiger partial charge >= 0.3 is 0 Å². The van der Waals surface area contributed by atoms with Crippen LogP contribution in [0.15, 0.2) is 83.8 Å². The summed E-state index contributed by atoms with van der Waals surface area (Å²) in [5.41, 5.74) is 3.02. The van der Waals surface area contributed by atoms with Crippen molar-refractivity contribution < 1.29 is 14.3 Å². The third kappa shape index (κ3) is 5.92. The van der Waals surface area contributed by atoms with Crippen LogP contribution < -0.4 is 15.0 Å². The summed E-state index contributed by atoms with van der Waals surface area (Å²) < 4.78 is 5.75. The molecule has 4 rings (SSSR count). The van der Waals surface area contributed by atoms with Crippen LogP contribution in [0, 0.1) is 0 Å². The third-order valence-electron chi connectivity index (χ3n) is 5.26. The Labute approximate surface area is 192 Å². The number of anilines is 1. The van der Waals surface area contributed by atoms with Crippen molar-refractivity contribution in [2.45, 2.75) is 30.9 Å². The van der Waals surface area contributed by atoms with E-state index in [9.17, 15) is 9.59 Å². The molecule has 1 aliphatic heterocycles. The molecule has 0 radical (unpaired) electrons. The molecule has 1 heterocycles. The lowest BCUT2D eigenvalue weighted by atomic mass is 10.1. The van der Waals surface area contributed by atoms with Crippen LogP contribution in [-0.2, 0) is 22.7 Å². The lowest BCUT2D eigenvalue weighted by Crippen LogP contribution is -2.36. The van der Waals surface area contributed by atoms with Crippen molar-refractivity contribution in [3.8, 4) is 5.75 Å². The molecule has 0 saturated carbocycles. The number of benzene rings is 3. The number of nitrogens with zero attached hydrogens (tertiary/aromatic N) is 1. The van der Waals surface area contributed by atoms with E-state index in [2.05, 4.69) is 5.32 Å². The minimum Gasteiger partial charge on any atom is -0.489 e. The molecule has 164 valence electrons. The Balaban J connectivity index is 1.20. The Morgan fingerprint density at radius 3 is 2.41 bits per heavy atom. The minimum absolute atomic E-state index is 0.00401. The fraction of sp³-hybridized carbons (Fsp3) is 0.231. The largest absolute Gasteiger partial charge is 0.489 e. The van der Waals surface area contributed by atoms with Gasteiger partial charge in [-0.15, -0.1) is 11.8 Å². The van der Waals surface area contributed by atoms with Crippen molar-refractivity contribution in [2.75, 3.05) is 17.2 Å². The molecule has 5 nitrogen and oxygen atoms in total. The van der Waals surface area contributed by atoms with Crippen molar-refractivity contribution in [3.05, 3.63) is 90.0 Å². The van der Waals surface area contributed by atoms with E-state index in [4.69, 9.17) is 4.74 Å². The van der Waals surface area contributed by atoms with Crippen molar-refractivity contribution in [3.63, 3.8) is 0 Å². The molecule has 0 unspecified atom stereocenters. The van der Waals surface area contributed by atoms with E-state index in [0.717, 1.165) is 33.2 Å².